The van der Waals surface area contributed by atoms with Crippen molar-refractivity contribution in [1.29, 1.82) is 0 Å². The number of hydrogen-bond donors (Lipinski definition) is 2. The van der Waals surface area contributed by atoms with E-state index in [2.05, 4.69) is 39.5 Å². The molecule has 0 spiro atoms. The molecule has 19 heavy (non-hydrogen) atoms. The molecule has 2 N–H and O–H groups in total. The Morgan fingerprint density at radius 3 is 1.21 bits per heavy atom. The van der Waals surface area contributed by atoms with Crippen LogP contribution in [0.1, 0.15) is 61.8 Å². The Morgan fingerprint density at radius 1 is 0.789 bits per heavy atom. The summed E-state index contributed by atoms with van der Waals surface area (Å²) in [6, 6.07) is 0. The summed E-state index contributed by atoms with van der Waals surface area (Å²) in [7, 11) is 0. The first-order valence-corrected chi connectivity index (χ1v) is 6.92. The largest absolute Gasteiger partial charge is 0.395 e. The highest BCUT2D eigenvalue weighted by atomic mass is 16.3. The number of aliphatic hydroxyl groups is 2. The lowest BCUT2D eigenvalue weighted by atomic mass is 9.79. The van der Waals surface area contributed by atoms with E-state index in [0.29, 0.717) is 11.8 Å². The number of hydrogen-bond acceptors (Lipinski definition) is 2. The molecule has 2 atom stereocenters. The smallest absolute Gasteiger partial charge is 0.0594 e. The van der Waals surface area contributed by atoms with Crippen LogP contribution < -0.4 is 0 Å². The molecule has 0 saturated heterocycles. The summed E-state index contributed by atoms with van der Waals surface area (Å²) in [6.07, 6.45) is 1.75. The molecular formula is C17H34O2. The van der Waals surface area contributed by atoms with Crippen LogP contribution in [0.15, 0.2) is 0 Å². The van der Waals surface area contributed by atoms with Crippen molar-refractivity contribution < 1.29 is 10.2 Å². The molecule has 0 bridgehead atoms. The van der Waals surface area contributed by atoms with Crippen molar-refractivity contribution in [3.8, 4) is 11.8 Å². The summed E-state index contributed by atoms with van der Waals surface area (Å²) in [5.74, 6) is 7.43. The van der Waals surface area contributed by atoms with E-state index in [-0.39, 0.29) is 31.5 Å². The first-order chi connectivity index (χ1) is 8.16. The van der Waals surface area contributed by atoms with Crippen molar-refractivity contribution >= 4 is 0 Å². The normalized spacial score (nSPS) is 17.2. The van der Waals surface area contributed by atoms with Crippen LogP contribution >= 0.6 is 0 Å². The summed E-state index contributed by atoms with van der Waals surface area (Å²) in [5, 5.41) is 19.0. The lowest BCUT2D eigenvalue weighted by molar-refractivity contribution is 0.160. The lowest BCUT2D eigenvalue weighted by Gasteiger charge is -2.26. The van der Waals surface area contributed by atoms with Crippen molar-refractivity contribution in [2.75, 3.05) is 13.2 Å². The molecule has 0 aliphatic rings. The molecule has 0 amide bonds. The van der Waals surface area contributed by atoms with Crippen LogP contribution in [-0.4, -0.2) is 23.4 Å². The molecule has 2 nitrogen and oxygen atoms in total. The van der Waals surface area contributed by atoms with Gasteiger partial charge in [-0.25, -0.2) is 0 Å². The molecule has 0 aliphatic carbocycles. The van der Waals surface area contributed by atoms with E-state index in [1.807, 2.05) is 13.8 Å². The van der Waals surface area contributed by atoms with Gasteiger partial charge in [-0.05, 0) is 38.5 Å². The Bertz CT molecular complexity index is 270. The maximum Gasteiger partial charge on any atom is 0.0594 e. The van der Waals surface area contributed by atoms with Crippen molar-refractivity contribution in [3.05, 3.63) is 0 Å². The Labute approximate surface area is 120 Å². The van der Waals surface area contributed by atoms with E-state index in [0.717, 1.165) is 12.8 Å². The molecule has 0 aliphatic heterocycles. The van der Waals surface area contributed by atoms with E-state index in [4.69, 9.17) is 0 Å². The van der Waals surface area contributed by atoms with Gasteiger partial charge in [0.2, 0.25) is 0 Å². The maximum absolute atomic E-state index is 9.52. The fourth-order valence-corrected chi connectivity index (χ4v) is 2.41. The molecule has 0 saturated carbocycles. The van der Waals surface area contributed by atoms with Gasteiger partial charge in [-0.2, -0.15) is 0 Å². The van der Waals surface area contributed by atoms with Crippen LogP contribution in [0.5, 0.6) is 0 Å². The van der Waals surface area contributed by atoms with Gasteiger partial charge in [0, 0.05) is 0 Å². The second-order valence-corrected chi connectivity index (χ2v) is 6.88. The molecule has 0 aromatic rings. The van der Waals surface area contributed by atoms with Gasteiger partial charge in [-0.3, -0.25) is 0 Å². The highest BCUT2D eigenvalue weighted by molar-refractivity contribution is 5.17. The van der Waals surface area contributed by atoms with Gasteiger partial charge < -0.3 is 10.2 Å². The Morgan fingerprint density at radius 2 is 1.05 bits per heavy atom. The van der Waals surface area contributed by atoms with Crippen LogP contribution in [0.25, 0.3) is 0 Å². The lowest BCUT2D eigenvalue weighted by Crippen LogP contribution is -2.25. The summed E-state index contributed by atoms with van der Waals surface area (Å²) < 4.78 is 0. The topological polar surface area (TPSA) is 40.5 Å². The molecule has 0 rings (SSSR count). The van der Waals surface area contributed by atoms with E-state index < -0.39 is 0 Å². The Kier molecular flexibility index (Phi) is 9.42. The molecule has 0 heterocycles. The van der Waals surface area contributed by atoms with Gasteiger partial charge in [-0.1, -0.05) is 47.0 Å². The number of aliphatic hydroxyl groups excluding tert-OH is 2. The predicted molar refractivity (Wildman–Crippen MR) is 83.8 cm³/mol. The Balaban J connectivity index is 0. The van der Waals surface area contributed by atoms with E-state index >= 15 is 0 Å². The summed E-state index contributed by atoms with van der Waals surface area (Å²) in [5.41, 5.74) is -0.719. The SMILES string of the molecule is C.CC(C)CC(C)(C#CC(C)(CO)CC(C)C)CO. The van der Waals surface area contributed by atoms with E-state index in [1.165, 1.54) is 0 Å². The van der Waals surface area contributed by atoms with E-state index in [9.17, 15) is 10.2 Å². The molecular weight excluding hydrogens is 236 g/mol. The minimum absolute atomic E-state index is 0. The molecule has 0 aromatic heterocycles. The summed E-state index contributed by atoms with van der Waals surface area (Å²) >= 11 is 0. The highest BCUT2D eigenvalue weighted by Gasteiger charge is 2.26. The third-order valence-electron chi connectivity index (χ3n) is 3.08. The molecule has 114 valence electrons. The second kappa shape index (κ2) is 8.61. The Hall–Kier alpha value is -0.520. The van der Waals surface area contributed by atoms with E-state index in [1.54, 1.807) is 0 Å². The summed E-state index contributed by atoms with van der Waals surface area (Å²) in [4.78, 5) is 0. The van der Waals surface area contributed by atoms with Gasteiger partial charge in [0.05, 0.1) is 24.0 Å². The maximum atomic E-state index is 9.52. The first kappa shape index (κ1) is 20.8. The minimum Gasteiger partial charge on any atom is -0.395 e. The number of rotatable bonds is 6. The standard InChI is InChI=1S/C16H30O2.CH4/c1-13(2)9-15(5,11-17)7-8-16(6,12-18)10-14(3)4;/h13-14,17-18H,9-12H2,1-6H3;1H4. The van der Waals surface area contributed by atoms with Crippen molar-refractivity contribution in [2.45, 2.75) is 61.8 Å². The molecule has 2 heteroatoms. The van der Waals surface area contributed by atoms with Crippen molar-refractivity contribution in [1.82, 2.24) is 0 Å². The zero-order chi connectivity index (χ0) is 14.4. The predicted octanol–water partition coefficient (Wildman–Crippen LogP) is 3.72. The molecule has 0 fully saturated rings. The third-order valence-corrected chi connectivity index (χ3v) is 3.08. The fourth-order valence-electron chi connectivity index (χ4n) is 2.41. The van der Waals surface area contributed by atoms with Gasteiger partial charge >= 0.3 is 0 Å². The average molecular weight is 270 g/mol. The second-order valence-electron chi connectivity index (χ2n) is 6.88. The first-order valence-electron chi connectivity index (χ1n) is 6.92. The molecule has 0 aromatic carbocycles. The van der Waals surface area contributed by atoms with Gasteiger partial charge in [0.1, 0.15) is 0 Å². The summed E-state index contributed by atoms with van der Waals surface area (Å²) in [6.45, 7) is 12.7. The van der Waals surface area contributed by atoms with Crippen LogP contribution in [0.3, 0.4) is 0 Å². The monoisotopic (exact) mass is 270 g/mol. The minimum atomic E-state index is -0.360. The van der Waals surface area contributed by atoms with Gasteiger partial charge in [0.15, 0.2) is 0 Å². The van der Waals surface area contributed by atoms with Crippen molar-refractivity contribution in [2.24, 2.45) is 22.7 Å². The third kappa shape index (κ3) is 8.29. The van der Waals surface area contributed by atoms with Crippen molar-refractivity contribution in [3.63, 3.8) is 0 Å². The van der Waals surface area contributed by atoms with Crippen LogP contribution in [0.4, 0.5) is 0 Å². The zero-order valence-corrected chi connectivity index (χ0v) is 12.9. The fraction of sp³-hybridized carbons (Fsp3) is 0.882. The zero-order valence-electron chi connectivity index (χ0n) is 12.9. The van der Waals surface area contributed by atoms with Crippen LogP contribution in [-0.2, 0) is 0 Å². The molecule has 0 radical (unpaired) electrons. The van der Waals surface area contributed by atoms with Gasteiger partial charge in [0.25, 0.3) is 0 Å². The van der Waals surface area contributed by atoms with Crippen LogP contribution in [0.2, 0.25) is 0 Å². The average Bonchev–Trinajstić information content (AvgIpc) is 2.25. The van der Waals surface area contributed by atoms with Crippen LogP contribution in [0, 0.1) is 34.5 Å². The highest BCUT2D eigenvalue weighted by Crippen LogP contribution is 2.28. The molecule has 2 unspecified atom stereocenters. The van der Waals surface area contributed by atoms with Gasteiger partial charge in [-0.15, -0.1) is 0 Å². The quantitative estimate of drug-likeness (QED) is 0.722.